The predicted octanol–water partition coefficient (Wildman–Crippen LogP) is 2.61. The quantitative estimate of drug-likeness (QED) is 0.884. The van der Waals surface area contributed by atoms with E-state index in [2.05, 4.69) is 15.3 Å². The summed E-state index contributed by atoms with van der Waals surface area (Å²) in [5, 5.41) is 3.32. The molecule has 0 aliphatic carbocycles. The molecule has 0 saturated carbocycles. The van der Waals surface area contributed by atoms with Gasteiger partial charge >= 0.3 is 0 Å². The molecule has 122 valence electrons. The van der Waals surface area contributed by atoms with E-state index in [9.17, 15) is 0 Å². The lowest BCUT2D eigenvalue weighted by molar-refractivity contribution is 0.193. The number of hydrogen-bond acceptors (Lipinski definition) is 6. The monoisotopic (exact) mass is 315 g/mol. The Morgan fingerprint density at radius 2 is 2.13 bits per heavy atom. The first-order valence-corrected chi connectivity index (χ1v) is 7.64. The molecule has 0 radical (unpaired) electrons. The average Bonchev–Trinajstić information content (AvgIpc) is 3.14. The minimum atomic E-state index is 0.370. The van der Waals surface area contributed by atoms with Crippen molar-refractivity contribution in [1.29, 1.82) is 0 Å². The lowest BCUT2D eigenvalue weighted by Crippen LogP contribution is -2.06. The van der Waals surface area contributed by atoms with Crippen LogP contribution >= 0.6 is 0 Å². The number of rotatable bonds is 6. The Morgan fingerprint density at radius 3 is 2.87 bits per heavy atom. The van der Waals surface area contributed by atoms with Crippen LogP contribution in [0.2, 0.25) is 0 Å². The van der Waals surface area contributed by atoms with Crippen molar-refractivity contribution < 1.29 is 14.2 Å². The summed E-state index contributed by atoms with van der Waals surface area (Å²) in [5.41, 5.74) is 2.07. The standard InChI is InChI=1S/C17H21N3O3/c1-21-14-4-3-12(16(7-14)22-2)9-18-17-8-15(19-11-20-17)13-5-6-23-10-13/h3-4,7-8,11,13H,5-6,9-10H2,1-2H3,(H,18,19,20)/t13-/m1/s1. The van der Waals surface area contributed by atoms with Crippen molar-refractivity contribution >= 4 is 5.82 Å². The second-order valence-corrected chi connectivity index (χ2v) is 5.42. The molecule has 1 saturated heterocycles. The zero-order valence-corrected chi connectivity index (χ0v) is 13.4. The van der Waals surface area contributed by atoms with Crippen molar-refractivity contribution in [3.63, 3.8) is 0 Å². The molecule has 3 rings (SSSR count). The highest BCUT2D eigenvalue weighted by molar-refractivity contribution is 5.44. The summed E-state index contributed by atoms with van der Waals surface area (Å²) in [6.45, 7) is 2.16. The maximum Gasteiger partial charge on any atom is 0.129 e. The van der Waals surface area contributed by atoms with Crippen LogP contribution in [-0.2, 0) is 11.3 Å². The van der Waals surface area contributed by atoms with Crippen molar-refractivity contribution in [2.75, 3.05) is 32.8 Å². The van der Waals surface area contributed by atoms with E-state index in [4.69, 9.17) is 14.2 Å². The van der Waals surface area contributed by atoms with E-state index in [-0.39, 0.29) is 0 Å². The Bertz CT molecular complexity index is 657. The molecule has 2 heterocycles. The summed E-state index contributed by atoms with van der Waals surface area (Å²) in [6, 6.07) is 7.77. The van der Waals surface area contributed by atoms with Crippen molar-refractivity contribution in [3.8, 4) is 11.5 Å². The Balaban J connectivity index is 1.69. The number of aromatic nitrogens is 2. The summed E-state index contributed by atoms with van der Waals surface area (Å²) in [6.07, 6.45) is 2.62. The van der Waals surface area contributed by atoms with Gasteiger partial charge in [0.25, 0.3) is 0 Å². The SMILES string of the molecule is COc1ccc(CNc2cc([C@@H]3CCOC3)ncn2)c(OC)c1. The third kappa shape index (κ3) is 3.71. The van der Waals surface area contributed by atoms with Crippen LogP contribution in [0, 0.1) is 0 Å². The summed E-state index contributed by atoms with van der Waals surface area (Å²) < 4.78 is 16.0. The average molecular weight is 315 g/mol. The van der Waals surface area contributed by atoms with Crippen molar-refractivity contribution in [3.05, 3.63) is 41.9 Å². The van der Waals surface area contributed by atoms with Gasteiger partial charge in [-0.1, -0.05) is 0 Å². The number of hydrogen-bond donors (Lipinski definition) is 1. The molecule has 1 aliphatic heterocycles. The molecule has 6 heteroatoms. The molecule has 1 atom stereocenters. The maximum absolute atomic E-state index is 5.42. The molecule has 1 N–H and O–H groups in total. The molecule has 1 aliphatic rings. The fourth-order valence-corrected chi connectivity index (χ4v) is 2.64. The third-order valence-electron chi connectivity index (χ3n) is 3.99. The van der Waals surface area contributed by atoms with E-state index in [1.807, 2.05) is 24.3 Å². The minimum Gasteiger partial charge on any atom is -0.497 e. The Kier molecular flexibility index (Phi) is 4.92. The molecule has 1 fully saturated rings. The van der Waals surface area contributed by atoms with Gasteiger partial charge in [-0.2, -0.15) is 0 Å². The molecule has 23 heavy (non-hydrogen) atoms. The fraction of sp³-hybridized carbons (Fsp3) is 0.412. The van der Waals surface area contributed by atoms with E-state index < -0.39 is 0 Å². The first-order valence-electron chi connectivity index (χ1n) is 7.64. The van der Waals surface area contributed by atoms with Gasteiger partial charge in [0.2, 0.25) is 0 Å². The van der Waals surface area contributed by atoms with E-state index >= 15 is 0 Å². The molecule has 0 unspecified atom stereocenters. The molecule has 0 spiro atoms. The molecule has 1 aromatic heterocycles. The Labute approximate surface area is 135 Å². The van der Waals surface area contributed by atoms with Gasteiger partial charge in [-0.25, -0.2) is 9.97 Å². The number of anilines is 1. The Hall–Kier alpha value is -2.34. The van der Waals surface area contributed by atoms with E-state index in [1.54, 1.807) is 20.5 Å². The van der Waals surface area contributed by atoms with Crippen molar-refractivity contribution in [2.24, 2.45) is 0 Å². The van der Waals surface area contributed by atoms with Crippen LogP contribution in [0.3, 0.4) is 0 Å². The van der Waals surface area contributed by atoms with Crippen LogP contribution in [-0.4, -0.2) is 37.4 Å². The first-order chi connectivity index (χ1) is 11.3. The van der Waals surface area contributed by atoms with Crippen LogP contribution in [0.25, 0.3) is 0 Å². The zero-order chi connectivity index (χ0) is 16.1. The van der Waals surface area contributed by atoms with Gasteiger partial charge in [-0.3, -0.25) is 0 Å². The number of methoxy groups -OCH3 is 2. The van der Waals surface area contributed by atoms with Gasteiger partial charge < -0.3 is 19.5 Å². The van der Waals surface area contributed by atoms with Gasteiger partial charge in [0.05, 0.1) is 26.5 Å². The van der Waals surface area contributed by atoms with Gasteiger partial charge in [-0.15, -0.1) is 0 Å². The van der Waals surface area contributed by atoms with E-state index in [0.29, 0.717) is 12.5 Å². The van der Waals surface area contributed by atoms with Crippen LogP contribution in [0.5, 0.6) is 11.5 Å². The van der Waals surface area contributed by atoms with Crippen LogP contribution < -0.4 is 14.8 Å². The van der Waals surface area contributed by atoms with Gasteiger partial charge in [0, 0.05) is 36.8 Å². The maximum atomic E-state index is 5.42. The fourth-order valence-electron chi connectivity index (χ4n) is 2.64. The third-order valence-corrected chi connectivity index (χ3v) is 3.99. The molecule has 2 aromatic rings. The summed E-state index contributed by atoms with van der Waals surface area (Å²) in [5.74, 6) is 2.74. The highest BCUT2D eigenvalue weighted by Gasteiger charge is 2.19. The summed E-state index contributed by atoms with van der Waals surface area (Å²) >= 11 is 0. The molecule has 6 nitrogen and oxygen atoms in total. The summed E-state index contributed by atoms with van der Waals surface area (Å²) in [7, 11) is 3.29. The number of nitrogens with zero attached hydrogens (tertiary/aromatic N) is 2. The normalized spacial score (nSPS) is 17.0. The van der Waals surface area contributed by atoms with Crippen LogP contribution in [0.4, 0.5) is 5.82 Å². The molecule has 0 amide bonds. The number of nitrogens with one attached hydrogen (secondary N) is 1. The highest BCUT2D eigenvalue weighted by Crippen LogP contribution is 2.26. The first kappa shape index (κ1) is 15.6. The van der Waals surface area contributed by atoms with Crippen LogP contribution in [0.15, 0.2) is 30.6 Å². The van der Waals surface area contributed by atoms with Crippen molar-refractivity contribution in [1.82, 2.24) is 9.97 Å². The lowest BCUT2D eigenvalue weighted by atomic mass is 10.1. The predicted molar refractivity (Wildman–Crippen MR) is 87.1 cm³/mol. The summed E-state index contributed by atoms with van der Waals surface area (Å²) in [4.78, 5) is 8.65. The van der Waals surface area contributed by atoms with Crippen LogP contribution in [0.1, 0.15) is 23.6 Å². The van der Waals surface area contributed by atoms with Crippen molar-refractivity contribution in [2.45, 2.75) is 18.9 Å². The zero-order valence-electron chi connectivity index (χ0n) is 13.4. The van der Waals surface area contributed by atoms with Gasteiger partial charge in [0.1, 0.15) is 23.6 Å². The number of benzene rings is 1. The molecule has 0 bridgehead atoms. The largest absolute Gasteiger partial charge is 0.497 e. The Morgan fingerprint density at radius 1 is 1.22 bits per heavy atom. The topological polar surface area (TPSA) is 65.5 Å². The smallest absolute Gasteiger partial charge is 0.129 e. The molecule has 1 aromatic carbocycles. The van der Waals surface area contributed by atoms with Gasteiger partial charge in [0.15, 0.2) is 0 Å². The highest BCUT2D eigenvalue weighted by atomic mass is 16.5. The minimum absolute atomic E-state index is 0.370. The second kappa shape index (κ2) is 7.28. The molecular formula is C17H21N3O3. The van der Waals surface area contributed by atoms with E-state index in [1.165, 1.54) is 0 Å². The number of ether oxygens (including phenoxy) is 3. The second-order valence-electron chi connectivity index (χ2n) is 5.42. The molecular weight excluding hydrogens is 294 g/mol. The lowest BCUT2D eigenvalue weighted by Gasteiger charge is -2.13. The van der Waals surface area contributed by atoms with E-state index in [0.717, 1.165) is 48.2 Å². The van der Waals surface area contributed by atoms with Gasteiger partial charge in [-0.05, 0) is 18.6 Å².